The van der Waals surface area contributed by atoms with Crippen LogP contribution in [-0.4, -0.2) is 11.3 Å². The van der Waals surface area contributed by atoms with Crippen LogP contribution in [0.25, 0.3) is 27.5 Å². The van der Waals surface area contributed by atoms with Crippen LogP contribution < -0.4 is 35.7 Å². The van der Waals surface area contributed by atoms with Crippen LogP contribution >= 0.6 is 0 Å². The number of hydrogen-bond acceptors (Lipinski definition) is 4. The Kier molecular flexibility index (Phi) is 13.3. The first-order valence-corrected chi connectivity index (χ1v) is 30.3. The van der Waals surface area contributed by atoms with Gasteiger partial charge >= 0.3 is 0 Å². The molecule has 2 aliphatic heterocycles. The van der Waals surface area contributed by atoms with Gasteiger partial charge in [-0.2, -0.15) is 0 Å². The summed E-state index contributed by atoms with van der Waals surface area (Å²) in [6.45, 7) is 41.1. The Hall–Kier alpha value is -7.96. The van der Waals surface area contributed by atoms with Crippen molar-refractivity contribution >= 4 is 79.0 Å². The molecule has 426 valence electrons. The molecule has 3 heterocycles. The molecule has 1 aromatic heterocycles. The molecule has 84 heavy (non-hydrogen) atoms. The highest BCUT2D eigenvalue weighted by Crippen LogP contribution is 2.50. The van der Waals surface area contributed by atoms with Gasteiger partial charge in [0.25, 0.3) is 6.71 Å². The van der Waals surface area contributed by atoms with Gasteiger partial charge in [0.2, 0.25) is 0 Å². The lowest BCUT2D eigenvalue weighted by atomic mass is 9.34. The van der Waals surface area contributed by atoms with E-state index in [4.69, 9.17) is 9.47 Å². The molecule has 6 heteroatoms. The molecule has 5 nitrogen and oxygen atoms in total. The first-order valence-electron chi connectivity index (χ1n) is 30.3. The second kappa shape index (κ2) is 19.8. The van der Waals surface area contributed by atoms with Crippen molar-refractivity contribution in [3.8, 4) is 28.7 Å². The number of hydrogen-bond donors (Lipinski definition) is 0. The predicted octanol–water partition coefficient (Wildman–Crippen LogP) is 20.2. The molecule has 9 aromatic carbocycles. The highest BCUT2D eigenvalue weighted by molar-refractivity contribution is 6.98. The summed E-state index contributed by atoms with van der Waals surface area (Å²) in [7, 11) is 0. The Labute approximate surface area is 501 Å². The molecule has 0 saturated heterocycles. The summed E-state index contributed by atoms with van der Waals surface area (Å²) in [5, 5.41) is 2.26. The van der Waals surface area contributed by atoms with Crippen molar-refractivity contribution in [2.75, 3.05) is 9.80 Å². The van der Waals surface area contributed by atoms with E-state index in [0.717, 1.165) is 101 Å². The molecule has 0 aliphatic carbocycles. The number of anilines is 6. The number of rotatable bonds is 7. The van der Waals surface area contributed by atoms with E-state index in [0.29, 0.717) is 0 Å². The second-order valence-electron chi connectivity index (χ2n) is 30.0. The Bertz CT molecular complexity index is 3780. The summed E-state index contributed by atoms with van der Waals surface area (Å²) in [6, 6.07) is 68.8. The van der Waals surface area contributed by atoms with Crippen molar-refractivity contribution in [2.45, 2.75) is 157 Å². The maximum atomic E-state index is 7.34. The van der Waals surface area contributed by atoms with Gasteiger partial charge in [0.1, 0.15) is 23.0 Å². The number of benzene rings is 9. The molecule has 0 radical (unpaired) electrons. The highest BCUT2D eigenvalue weighted by Gasteiger charge is 2.42. The molecule has 0 N–H and O–H groups in total. The van der Waals surface area contributed by atoms with E-state index in [1.54, 1.807) is 0 Å². The van der Waals surface area contributed by atoms with Crippen molar-refractivity contribution < 1.29 is 9.47 Å². The predicted molar refractivity (Wildman–Crippen MR) is 360 cm³/mol. The molecule has 0 fully saturated rings. The zero-order valence-electron chi connectivity index (χ0n) is 53.1. The fourth-order valence-electron chi connectivity index (χ4n) is 12.5. The third kappa shape index (κ3) is 10.1. The third-order valence-corrected chi connectivity index (χ3v) is 17.7. The fourth-order valence-corrected chi connectivity index (χ4v) is 12.5. The van der Waals surface area contributed by atoms with Crippen LogP contribution in [0, 0.1) is 0 Å². The Morgan fingerprint density at radius 3 is 0.881 bits per heavy atom. The summed E-state index contributed by atoms with van der Waals surface area (Å²) < 4.78 is 17.2. The third-order valence-electron chi connectivity index (χ3n) is 17.7. The van der Waals surface area contributed by atoms with E-state index >= 15 is 0 Å². The van der Waals surface area contributed by atoms with Crippen molar-refractivity contribution in [3.05, 3.63) is 215 Å². The molecular weight excluding hydrogens is 1020 g/mol. The lowest BCUT2D eigenvalue weighted by molar-refractivity contribution is 0.463. The van der Waals surface area contributed by atoms with Gasteiger partial charge in [-0.1, -0.05) is 222 Å². The molecule has 10 aromatic rings. The standard InChI is InChI=1S/C78H84BN3O2/c1-73(2,3)49-25-35-55(36-26-49)80(56-37-27-50(28-38-56)74(4,5)6)64-23-19-21-60-61-22-20-24-65(81(57-39-29-51(30-40-57)75(7,8)9)58-41-31-52(32-42-58)76(10,11)12)72(61)82(71(60)64)59-47-68-70-69(48-59)84-67-44-34-54(78(16,17)18)46-63(67)79(70)62-45-53(77(13,14)15)33-43-66(62)83-68/h19-48H,1-18H3. The molecule has 2 aliphatic rings. The molecule has 0 spiro atoms. The minimum Gasteiger partial charge on any atom is -0.458 e. The SMILES string of the molecule is CC(C)(C)c1ccc(N(c2ccc(C(C)(C)C)cc2)c2cccc3c4cccc(N(c5ccc(C(C)(C)C)cc5)c5ccc(C(C)(C)C)cc5)c4n(-c4cc5c6c(c4)Oc4ccc(C(C)(C)C)cc4B6c4cc(C(C)(C)C)ccc4O5)c23)cc1. The molecule has 12 rings (SSSR count). The molecule has 0 bridgehead atoms. The molecule has 0 atom stereocenters. The molecule has 0 unspecified atom stereocenters. The van der Waals surface area contributed by atoms with E-state index in [2.05, 4.69) is 321 Å². The van der Waals surface area contributed by atoms with Gasteiger partial charge in [-0.05, 0) is 150 Å². The van der Waals surface area contributed by atoms with Gasteiger partial charge in [0, 0.05) is 51.1 Å². The first-order chi connectivity index (χ1) is 39.4. The number of ether oxygens (including phenoxy) is 2. The zero-order chi connectivity index (χ0) is 59.8. The Morgan fingerprint density at radius 2 is 0.595 bits per heavy atom. The van der Waals surface area contributed by atoms with Crippen LogP contribution in [0.15, 0.2) is 182 Å². The smallest absolute Gasteiger partial charge is 0.260 e. The summed E-state index contributed by atoms with van der Waals surface area (Å²) in [5.41, 5.74) is 20.3. The van der Waals surface area contributed by atoms with Gasteiger partial charge in [-0.25, -0.2) is 0 Å². The highest BCUT2D eigenvalue weighted by atomic mass is 16.5. The number of fused-ring (bicyclic) bond motifs is 7. The molecular formula is C78H84BN3O2. The van der Waals surface area contributed by atoms with Crippen molar-refractivity contribution in [1.29, 1.82) is 0 Å². The summed E-state index contributed by atoms with van der Waals surface area (Å²) in [5.74, 6) is 3.32. The van der Waals surface area contributed by atoms with E-state index in [9.17, 15) is 0 Å². The fraction of sp³-hybridized carbons (Fsp3) is 0.308. The van der Waals surface area contributed by atoms with Gasteiger partial charge in [-0.3, -0.25) is 0 Å². The normalized spacial score (nSPS) is 13.5. The number of para-hydroxylation sites is 2. The van der Waals surface area contributed by atoms with Gasteiger partial charge in [0.15, 0.2) is 0 Å². The van der Waals surface area contributed by atoms with Crippen LogP contribution in [0.4, 0.5) is 34.1 Å². The van der Waals surface area contributed by atoms with E-state index < -0.39 is 0 Å². The van der Waals surface area contributed by atoms with Gasteiger partial charge in [0.05, 0.1) is 28.1 Å². The van der Waals surface area contributed by atoms with E-state index in [-0.39, 0.29) is 39.2 Å². The minimum atomic E-state index is -0.115. The quantitative estimate of drug-likeness (QED) is 0.149. The largest absolute Gasteiger partial charge is 0.458 e. The second-order valence-corrected chi connectivity index (χ2v) is 30.0. The summed E-state index contributed by atoms with van der Waals surface area (Å²) in [6.07, 6.45) is 0. The van der Waals surface area contributed by atoms with E-state index in [1.807, 2.05) is 0 Å². The van der Waals surface area contributed by atoms with Crippen molar-refractivity contribution in [3.63, 3.8) is 0 Å². The lowest BCUT2D eigenvalue weighted by Crippen LogP contribution is -2.57. The average molecular weight is 1110 g/mol. The van der Waals surface area contributed by atoms with Crippen LogP contribution in [0.5, 0.6) is 23.0 Å². The maximum Gasteiger partial charge on any atom is 0.260 e. The minimum absolute atomic E-state index is 0.0206. The summed E-state index contributed by atoms with van der Waals surface area (Å²) >= 11 is 0. The van der Waals surface area contributed by atoms with Crippen LogP contribution in [0.3, 0.4) is 0 Å². The summed E-state index contributed by atoms with van der Waals surface area (Å²) in [4.78, 5) is 4.92. The maximum absolute atomic E-state index is 7.34. The van der Waals surface area contributed by atoms with Crippen LogP contribution in [0.2, 0.25) is 0 Å². The number of aromatic nitrogens is 1. The Morgan fingerprint density at radius 1 is 0.310 bits per heavy atom. The topological polar surface area (TPSA) is 29.9 Å². The lowest BCUT2D eigenvalue weighted by Gasteiger charge is -2.35. The first kappa shape index (κ1) is 56.5. The average Bonchev–Trinajstić information content (AvgIpc) is 1.44. The van der Waals surface area contributed by atoms with Crippen molar-refractivity contribution in [2.24, 2.45) is 0 Å². The number of nitrogens with zero attached hydrogens (tertiary/aromatic N) is 3. The van der Waals surface area contributed by atoms with Gasteiger partial charge < -0.3 is 23.8 Å². The Balaban J connectivity index is 1.19. The monoisotopic (exact) mass is 1110 g/mol. The zero-order valence-corrected chi connectivity index (χ0v) is 53.1. The van der Waals surface area contributed by atoms with Crippen molar-refractivity contribution in [1.82, 2.24) is 4.57 Å². The van der Waals surface area contributed by atoms with E-state index in [1.165, 1.54) is 33.4 Å². The van der Waals surface area contributed by atoms with Crippen LogP contribution in [-0.2, 0) is 32.5 Å². The molecule has 0 amide bonds. The molecule has 0 saturated carbocycles. The van der Waals surface area contributed by atoms with Gasteiger partial charge in [-0.15, -0.1) is 0 Å². The van der Waals surface area contributed by atoms with Crippen LogP contribution in [0.1, 0.15) is 158 Å².